The Bertz CT molecular complexity index is 1530. The second-order valence-corrected chi connectivity index (χ2v) is 9.80. The van der Waals surface area contributed by atoms with Gasteiger partial charge in [-0.05, 0) is 35.1 Å². The van der Waals surface area contributed by atoms with Crippen molar-refractivity contribution in [3.05, 3.63) is 71.4 Å². The van der Waals surface area contributed by atoms with Gasteiger partial charge in [0.15, 0.2) is 22.2 Å². The Morgan fingerprint density at radius 1 is 1.08 bits per heavy atom. The minimum Gasteiger partial charge on any atom is -0.497 e. The van der Waals surface area contributed by atoms with Crippen molar-refractivity contribution in [3.63, 3.8) is 0 Å². The molecule has 0 aliphatic carbocycles. The van der Waals surface area contributed by atoms with Crippen LogP contribution in [0.15, 0.2) is 53.6 Å². The number of aromatic nitrogens is 1. The number of benzene rings is 2. The summed E-state index contributed by atoms with van der Waals surface area (Å²) in [5, 5.41) is 0. The maximum Gasteiger partial charge on any atom is 0.442 e. The topological polar surface area (TPSA) is 135 Å². The zero-order chi connectivity index (χ0) is 27.1. The molecule has 1 aliphatic rings. The first-order valence-electron chi connectivity index (χ1n) is 10.8. The Kier molecular flexibility index (Phi) is 6.60. The van der Waals surface area contributed by atoms with Crippen molar-refractivity contribution in [1.82, 2.24) is 8.87 Å². The number of carbonyl (C=O) groups excluding carboxylic acids is 2. The van der Waals surface area contributed by atoms with Gasteiger partial charge >= 0.3 is 22.0 Å². The van der Waals surface area contributed by atoms with Gasteiger partial charge in [-0.15, -0.1) is 0 Å². The lowest BCUT2D eigenvalue weighted by Crippen LogP contribution is -2.63. The number of methoxy groups -OCH3 is 2. The Morgan fingerprint density at radius 2 is 1.78 bits per heavy atom. The van der Waals surface area contributed by atoms with Gasteiger partial charge in [0.1, 0.15) is 17.4 Å². The number of urea groups is 1. The van der Waals surface area contributed by atoms with Gasteiger partial charge in [0, 0.05) is 29.5 Å². The molecule has 2 unspecified atom stereocenters. The molecule has 0 saturated carbocycles. The second-order valence-electron chi connectivity index (χ2n) is 7.87. The van der Waals surface area contributed by atoms with Crippen molar-refractivity contribution in [2.75, 3.05) is 20.8 Å². The molecule has 1 aromatic heterocycles. The molecule has 0 saturated heterocycles. The van der Waals surface area contributed by atoms with Crippen LogP contribution in [0.2, 0.25) is 0 Å². The van der Waals surface area contributed by atoms with Crippen LogP contribution < -0.4 is 23.8 Å². The molecule has 3 amide bonds. The van der Waals surface area contributed by atoms with Crippen molar-refractivity contribution in [3.8, 4) is 17.4 Å². The van der Waals surface area contributed by atoms with Crippen LogP contribution in [0.25, 0.3) is 0 Å². The van der Waals surface area contributed by atoms with E-state index in [4.69, 9.17) is 19.9 Å². The number of nitrogens with zero attached hydrogens (tertiary/aromatic N) is 2. The van der Waals surface area contributed by atoms with Gasteiger partial charge in [-0.3, -0.25) is 0 Å². The summed E-state index contributed by atoms with van der Waals surface area (Å²) in [6.07, 6.45) is 1.37. The first kappa shape index (κ1) is 26.0. The number of carbonyl (C=O) groups is 2. The van der Waals surface area contributed by atoms with E-state index in [0.29, 0.717) is 12.1 Å². The van der Waals surface area contributed by atoms with Crippen LogP contribution in [0.1, 0.15) is 24.0 Å². The summed E-state index contributed by atoms with van der Waals surface area (Å²) in [5.74, 6) is -5.83. The Labute approximate surface area is 210 Å². The minimum absolute atomic E-state index is 0.0414. The summed E-state index contributed by atoms with van der Waals surface area (Å²) in [7, 11) is -2.63. The molecule has 194 valence electrons. The fraction of sp³-hybridized carbons (Fsp3) is 0.208. The van der Waals surface area contributed by atoms with E-state index in [1.54, 1.807) is 6.92 Å². The lowest BCUT2D eigenvalue weighted by Gasteiger charge is -2.27. The number of fused-ring (bicyclic) bond motifs is 1. The van der Waals surface area contributed by atoms with E-state index < -0.39 is 54.0 Å². The van der Waals surface area contributed by atoms with Crippen molar-refractivity contribution < 1.29 is 41.0 Å². The summed E-state index contributed by atoms with van der Waals surface area (Å²) in [6.45, 7) is 1.79. The fourth-order valence-electron chi connectivity index (χ4n) is 4.40. The van der Waals surface area contributed by atoms with Crippen molar-refractivity contribution in [2.24, 2.45) is 5.73 Å². The summed E-state index contributed by atoms with van der Waals surface area (Å²) in [5.41, 5.74) is 4.73. The van der Waals surface area contributed by atoms with Gasteiger partial charge < -0.3 is 19.9 Å². The molecule has 0 radical (unpaired) electrons. The molecule has 2 heterocycles. The van der Waals surface area contributed by atoms with Crippen LogP contribution in [0, 0.1) is 11.6 Å². The molecule has 0 fully saturated rings. The first-order valence-corrected chi connectivity index (χ1v) is 12.3. The summed E-state index contributed by atoms with van der Waals surface area (Å²) in [4.78, 5) is 30.7. The maximum atomic E-state index is 14.6. The third-order valence-corrected chi connectivity index (χ3v) is 8.16. The molecule has 10 nitrogen and oxygen atoms in total. The van der Waals surface area contributed by atoms with Crippen LogP contribution >= 0.6 is 0 Å². The number of halogens is 2. The molecule has 3 aromatic rings. The Hall–Kier alpha value is -4.10. The normalized spacial score (nSPS) is 18.8. The number of rotatable bonds is 7. The van der Waals surface area contributed by atoms with Crippen LogP contribution in [0.3, 0.4) is 0 Å². The van der Waals surface area contributed by atoms with Crippen molar-refractivity contribution in [1.29, 1.82) is 0 Å². The highest BCUT2D eigenvalue weighted by Crippen LogP contribution is 2.52. The molecular formula is C24H22F2N3O7S+. The predicted octanol–water partition coefficient (Wildman–Crippen LogP) is 3.22. The van der Waals surface area contributed by atoms with Crippen molar-refractivity contribution >= 4 is 27.6 Å². The van der Waals surface area contributed by atoms with Crippen LogP contribution in [0.5, 0.6) is 17.4 Å². The highest BCUT2D eigenvalue weighted by molar-refractivity contribution is 7.92. The third kappa shape index (κ3) is 3.69. The van der Waals surface area contributed by atoms with E-state index >= 15 is 0 Å². The Morgan fingerprint density at radius 3 is 2.41 bits per heavy atom. The molecule has 0 spiro atoms. The van der Waals surface area contributed by atoms with E-state index in [1.165, 1.54) is 44.7 Å². The average Bonchev–Trinajstić information content (AvgIpc) is 3.12. The zero-order valence-electron chi connectivity index (χ0n) is 19.9. The van der Waals surface area contributed by atoms with Crippen LogP contribution in [0.4, 0.5) is 19.3 Å². The van der Waals surface area contributed by atoms with Gasteiger partial charge in [-0.2, -0.15) is 8.42 Å². The maximum absolute atomic E-state index is 14.6. The molecule has 2 aromatic carbocycles. The molecule has 13 heteroatoms. The minimum atomic E-state index is -5.14. The SMILES string of the molecule is CCOc1ncccc1C1C(=O)[N+](C(N)=O)(S(=O)(=O)c2ccc(OC)cc2OC)c2cc(F)c(F)cc21. The lowest BCUT2D eigenvalue weighted by molar-refractivity contribution is -0.123. The molecule has 4 rings (SSSR count). The number of sulfonamides is 1. The fourth-order valence-corrected chi connectivity index (χ4v) is 6.33. The smallest absolute Gasteiger partial charge is 0.442 e. The third-order valence-electron chi connectivity index (χ3n) is 5.99. The van der Waals surface area contributed by atoms with E-state index in [-0.39, 0.29) is 35.1 Å². The highest BCUT2D eigenvalue weighted by atomic mass is 32.2. The monoisotopic (exact) mass is 534 g/mol. The number of imide groups is 1. The number of pyridine rings is 1. The van der Waals surface area contributed by atoms with E-state index in [9.17, 15) is 26.8 Å². The molecule has 2 atom stereocenters. The average molecular weight is 535 g/mol. The predicted molar refractivity (Wildman–Crippen MR) is 127 cm³/mol. The van der Waals surface area contributed by atoms with Gasteiger partial charge in [-0.25, -0.2) is 23.4 Å². The molecule has 37 heavy (non-hydrogen) atoms. The standard InChI is InChI=1S/C24H21F2N3O7S/c1-4-36-22-14(6-5-9-28-22)21-15-11-16(25)17(26)12-18(15)29(23(21)30,24(27)31)37(32,33)20-8-7-13(34-2)10-19(20)35-3/h5-12,21H,4H2,1-3H3,(H-,27,31)/p+1. The molecule has 0 bridgehead atoms. The summed E-state index contributed by atoms with van der Waals surface area (Å²) < 4.78 is 71.0. The number of quaternary nitrogens is 1. The lowest BCUT2D eigenvalue weighted by atomic mass is 9.93. The molecular weight excluding hydrogens is 512 g/mol. The van der Waals surface area contributed by atoms with Crippen LogP contribution in [-0.4, -0.2) is 46.2 Å². The molecule has 1 aliphatic heterocycles. The van der Waals surface area contributed by atoms with Gasteiger partial charge in [-0.1, -0.05) is 6.07 Å². The van der Waals surface area contributed by atoms with Gasteiger partial charge in [0.25, 0.3) is 0 Å². The zero-order valence-corrected chi connectivity index (χ0v) is 20.7. The van der Waals surface area contributed by atoms with Gasteiger partial charge in [0.2, 0.25) is 5.88 Å². The number of hydrogen-bond donors (Lipinski definition) is 1. The first-order chi connectivity index (χ1) is 17.6. The largest absolute Gasteiger partial charge is 0.497 e. The summed E-state index contributed by atoms with van der Waals surface area (Å²) in [6, 6.07) is 5.91. The Balaban J connectivity index is 2.11. The number of ether oxygens (including phenoxy) is 3. The number of hydrogen-bond acceptors (Lipinski definition) is 8. The van der Waals surface area contributed by atoms with Gasteiger partial charge in [0.05, 0.1) is 20.8 Å². The van der Waals surface area contributed by atoms with Crippen LogP contribution in [-0.2, 0) is 14.8 Å². The molecule has 2 N–H and O–H groups in total. The quantitative estimate of drug-likeness (QED) is 0.457. The van der Waals surface area contributed by atoms with E-state index in [1.807, 2.05) is 0 Å². The number of nitrogens with two attached hydrogens (primary N) is 1. The summed E-state index contributed by atoms with van der Waals surface area (Å²) >= 11 is 0. The highest BCUT2D eigenvalue weighted by Gasteiger charge is 2.67. The van der Waals surface area contributed by atoms with E-state index in [2.05, 4.69) is 4.98 Å². The number of amides is 3. The van der Waals surface area contributed by atoms with E-state index in [0.717, 1.165) is 6.07 Å². The second kappa shape index (κ2) is 9.41. The van der Waals surface area contributed by atoms with Crippen molar-refractivity contribution in [2.45, 2.75) is 17.7 Å². The number of primary amides is 1.